The minimum Gasteiger partial charge on any atom is -0.493 e. The first-order valence-electron chi connectivity index (χ1n) is 8.16. The molecule has 0 saturated heterocycles. The van der Waals surface area contributed by atoms with E-state index < -0.39 is 0 Å². The minimum absolute atomic E-state index is 0.226. The van der Waals surface area contributed by atoms with Crippen molar-refractivity contribution in [2.24, 2.45) is 0 Å². The first kappa shape index (κ1) is 18.7. The number of rotatable bonds is 5. The highest BCUT2D eigenvalue weighted by atomic mass is 35.5. The van der Waals surface area contributed by atoms with Gasteiger partial charge in [0.2, 0.25) is 0 Å². The highest BCUT2D eigenvalue weighted by molar-refractivity contribution is 6.30. The maximum Gasteiger partial charge on any atom is 0.278 e. The predicted molar refractivity (Wildman–Crippen MR) is 103 cm³/mol. The molecule has 0 bridgehead atoms. The second-order valence-electron chi connectivity index (χ2n) is 5.88. The first-order valence-corrected chi connectivity index (χ1v) is 8.54. The molecule has 1 N–H and O–H groups in total. The van der Waals surface area contributed by atoms with E-state index in [-0.39, 0.29) is 11.6 Å². The fraction of sp³-hybridized carbons (Fsp3) is 0.211. The van der Waals surface area contributed by atoms with Crippen LogP contribution in [0.1, 0.15) is 21.7 Å². The molecule has 140 valence electrons. The summed E-state index contributed by atoms with van der Waals surface area (Å²) in [6.45, 7) is 3.59. The summed E-state index contributed by atoms with van der Waals surface area (Å²) >= 11 is 6.01. The maximum atomic E-state index is 12.7. The van der Waals surface area contributed by atoms with Gasteiger partial charge >= 0.3 is 0 Å². The third-order valence-electron chi connectivity index (χ3n) is 4.02. The number of hydrogen-bond acceptors (Lipinski definition) is 5. The van der Waals surface area contributed by atoms with Gasteiger partial charge in [0.1, 0.15) is 0 Å². The number of aryl methyl sites for hydroxylation is 2. The van der Waals surface area contributed by atoms with Gasteiger partial charge in [-0.05, 0) is 43.7 Å². The van der Waals surface area contributed by atoms with Gasteiger partial charge in [-0.25, -0.2) is 0 Å². The van der Waals surface area contributed by atoms with Crippen LogP contribution in [0.5, 0.6) is 11.5 Å². The summed E-state index contributed by atoms with van der Waals surface area (Å²) < 4.78 is 10.6. The number of nitrogens with one attached hydrogen (secondary N) is 1. The fourth-order valence-corrected chi connectivity index (χ4v) is 2.79. The molecule has 1 amide bonds. The van der Waals surface area contributed by atoms with Crippen LogP contribution in [0.15, 0.2) is 36.4 Å². The van der Waals surface area contributed by atoms with Crippen LogP contribution in [0.3, 0.4) is 0 Å². The third kappa shape index (κ3) is 3.88. The molecule has 8 heteroatoms. The lowest BCUT2D eigenvalue weighted by atomic mass is 10.1. The van der Waals surface area contributed by atoms with E-state index in [1.807, 2.05) is 13.0 Å². The molecule has 3 rings (SSSR count). The Morgan fingerprint density at radius 3 is 2.44 bits per heavy atom. The number of carbonyl (C=O) groups is 1. The van der Waals surface area contributed by atoms with Gasteiger partial charge in [0.15, 0.2) is 17.2 Å². The summed E-state index contributed by atoms with van der Waals surface area (Å²) in [5.41, 5.74) is 2.84. The molecule has 27 heavy (non-hydrogen) atoms. The van der Waals surface area contributed by atoms with Crippen molar-refractivity contribution in [3.05, 3.63) is 58.4 Å². The van der Waals surface area contributed by atoms with Gasteiger partial charge < -0.3 is 14.8 Å². The molecule has 0 aliphatic heterocycles. The van der Waals surface area contributed by atoms with Gasteiger partial charge in [0, 0.05) is 16.8 Å². The highest BCUT2D eigenvalue weighted by Crippen LogP contribution is 2.33. The maximum absolute atomic E-state index is 12.7. The topological polar surface area (TPSA) is 78.3 Å². The highest BCUT2D eigenvalue weighted by Gasteiger charge is 2.18. The van der Waals surface area contributed by atoms with Crippen LogP contribution in [0.2, 0.25) is 5.02 Å². The molecule has 0 aliphatic rings. The fourth-order valence-electron chi connectivity index (χ4n) is 2.60. The number of hydrogen-bond donors (Lipinski definition) is 1. The van der Waals surface area contributed by atoms with Crippen molar-refractivity contribution < 1.29 is 14.3 Å². The normalized spacial score (nSPS) is 10.6. The molecule has 1 aromatic heterocycles. The molecule has 7 nitrogen and oxygen atoms in total. The van der Waals surface area contributed by atoms with E-state index >= 15 is 0 Å². The number of amides is 1. The zero-order valence-electron chi connectivity index (χ0n) is 15.4. The summed E-state index contributed by atoms with van der Waals surface area (Å²) in [5, 5.41) is 12.0. The molecule has 2 aromatic carbocycles. The van der Waals surface area contributed by atoms with Gasteiger partial charge in [-0.2, -0.15) is 9.90 Å². The average molecular weight is 387 g/mol. The molecule has 0 unspecified atom stereocenters. The monoisotopic (exact) mass is 386 g/mol. The van der Waals surface area contributed by atoms with Crippen molar-refractivity contribution in [1.82, 2.24) is 15.0 Å². The smallest absolute Gasteiger partial charge is 0.278 e. The quantitative estimate of drug-likeness (QED) is 0.721. The lowest BCUT2D eigenvalue weighted by Gasteiger charge is -2.13. The Bertz CT molecular complexity index is 1000. The van der Waals surface area contributed by atoms with Crippen molar-refractivity contribution in [3.63, 3.8) is 0 Å². The van der Waals surface area contributed by atoms with Crippen LogP contribution < -0.4 is 14.8 Å². The van der Waals surface area contributed by atoms with Crippen LogP contribution in [0.4, 0.5) is 5.69 Å². The number of benzene rings is 2. The number of nitrogens with zero attached hydrogens (tertiary/aromatic N) is 3. The molecule has 0 radical (unpaired) electrons. The van der Waals surface area contributed by atoms with Crippen LogP contribution in [-0.4, -0.2) is 35.1 Å². The van der Waals surface area contributed by atoms with E-state index in [2.05, 4.69) is 15.5 Å². The number of methoxy groups -OCH3 is 2. The molecular weight excluding hydrogens is 368 g/mol. The molecule has 0 saturated carbocycles. The Hall–Kier alpha value is -3.06. The van der Waals surface area contributed by atoms with Crippen molar-refractivity contribution >= 4 is 23.2 Å². The van der Waals surface area contributed by atoms with E-state index in [1.165, 1.54) is 4.80 Å². The zero-order chi connectivity index (χ0) is 19.6. The van der Waals surface area contributed by atoms with E-state index in [0.717, 1.165) is 5.56 Å². The molecule has 0 atom stereocenters. The summed E-state index contributed by atoms with van der Waals surface area (Å²) in [5.74, 6) is 0.755. The Morgan fingerprint density at radius 1 is 1.07 bits per heavy atom. The average Bonchev–Trinajstić information content (AvgIpc) is 3.05. The van der Waals surface area contributed by atoms with Crippen LogP contribution in [0.25, 0.3) is 5.69 Å². The molecule has 0 spiro atoms. The predicted octanol–water partition coefficient (Wildman–Crippen LogP) is 3.81. The van der Waals surface area contributed by atoms with Crippen molar-refractivity contribution in [3.8, 4) is 17.2 Å². The van der Waals surface area contributed by atoms with Gasteiger partial charge in [-0.15, -0.1) is 5.10 Å². The van der Waals surface area contributed by atoms with Crippen LogP contribution in [-0.2, 0) is 0 Å². The number of aromatic nitrogens is 3. The van der Waals surface area contributed by atoms with Gasteiger partial charge in [-0.3, -0.25) is 4.79 Å². The second kappa shape index (κ2) is 7.67. The van der Waals surface area contributed by atoms with Crippen molar-refractivity contribution in [1.29, 1.82) is 0 Å². The first-order chi connectivity index (χ1) is 12.9. The summed E-state index contributed by atoms with van der Waals surface area (Å²) in [6.07, 6.45) is 0. The standard InChI is InChI=1S/C19H19ClN4O3/c1-11-8-16(26-3)17(27-4)10-15(11)21-19(25)18-12(2)22-24(23-18)14-7-5-6-13(20)9-14/h5-10H,1-4H3,(H,21,25). The molecule has 3 aromatic rings. The molecule has 0 aliphatic carbocycles. The van der Waals surface area contributed by atoms with Crippen LogP contribution in [0, 0.1) is 13.8 Å². The molecule has 0 fully saturated rings. The van der Waals surface area contributed by atoms with Crippen molar-refractivity contribution in [2.75, 3.05) is 19.5 Å². The van der Waals surface area contributed by atoms with E-state index in [1.54, 1.807) is 51.5 Å². The summed E-state index contributed by atoms with van der Waals surface area (Å²) in [4.78, 5) is 14.1. The minimum atomic E-state index is -0.365. The number of anilines is 1. The summed E-state index contributed by atoms with van der Waals surface area (Å²) in [7, 11) is 3.10. The Balaban J connectivity index is 1.89. The lowest BCUT2D eigenvalue weighted by molar-refractivity contribution is 0.102. The van der Waals surface area contributed by atoms with Gasteiger partial charge in [0.25, 0.3) is 5.91 Å². The van der Waals surface area contributed by atoms with Crippen LogP contribution >= 0.6 is 11.6 Å². The van der Waals surface area contributed by atoms with Crippen molar-refractivity contribution in [2.45, 2.75) is 13.8 Å². The molecular formula is C19H19ClN4O3. The van der Waals surface area contributed by atoms with E-state index in [0.29, 0.717) is 33.6 Å². The van der Waals surface area contributed by atoms with Gasteiger partial charge in [0.05, 0.1) is 25.6 Å². The second-order valence-corrected chi connectivity index (χ2v) is 6.32. The molecule has 1 heterocycles. The number of ether oxygens (including phenoxy) is 2. The Labute approximate surface area is 161 Å². The lowest BCUT2D eigenvalue weighted by Crippen LogP contribution is -2.15. The zero-order valence-corrected chi connectivity index (χ0v) is 16.2. The Kier molecular flexibility index (Phi) is 5.32. The van der Waals surface area contributed by atoms with Gasteiger partial charge in [-0.1, -0.05) is 17.7 Å². The SMILES string of the molecule is COc1cc(C)c(NC(=O)c2nn(-c3cccc(Cl)c3)nc2C)cc1OC. The van der Waals surface area contributed by atoms with E-state index in [9.17, 15) is 4.79 Å². The Morgan fingerprint density at radius 2 is 1.78 bits per heavy atom. The third-order valence-corrected chi connectivity index (χ3v) is 4.25. The largest absolute Gasteiger partial charge is 0.493 e. The number of halogens is 1. The van der Waals surface area contributed by atoms with E-state index in [4.69, 9.17) is 21.1 Å². The summed E-state index contributed by atoms with van der Waals surface area (Å²) in [6, 6.07) is 10.6. The number of carbonyl (C=O) groups excluding carboxylic acids is 1.